The van der Waals surface area contributed by atoms with Gasteiger partial charge in [0.2, 0.25) is 5.91 Å². The molecule has 1 atom stereocenters. The highest BCUT2D eigenvalue weighted by atomic mass is 16.6. The summed E-state index contributed by atoms with van der Waals surface area (Å²) in [6.45, 7) is 7.35. The van der Waals surface area contributed by atoms with E-state index in [4.69, 9.17) is 9.31 Å². The molecule has 170 valence electrons. The molecule has 2 aromatic carbocycles. The van der Waals surface area contributed by atoms with Crippen LogP contribution in [0.2, 0.25) is 0 Å². The molecule has 0 bridgehead atoms. The summed E-state index contributed by atoms with van der Waals surface area (Å²) in [5.74, 6) is -1.51. The van der Waals surface area contributed by atoms with Crippen LogP contribution in [0.15, 0.2) is 36.4 Å². The Morgan fingerprint density at radius 3 is 2.48 bits per heavy atom. The largest absolute Gasteiger partial charge is 0.620 e. The number of hydrogen-bond acceptors (Lipinski definition) is 6. The molecule has 8 nitrogen and oxygen atoms in total. The van der Waals surface area contributed by atoms with E-state index in [9.17, 15) is 19.6 Å². The number of nitriles is 1. The lowest BCUT2D eigenvalue weighted by Crippen LogP contribution is -2.55. The van der Waals surface area contributed by atoms with Gasteiger partial charge in [-0.2, -0.15) is 5.26 Å². The molecule has 1 aliphatic rings. The maximum absolute atomic E-state index is 12.6. The third-order valence-corrected chi connectivity index (χ3v) is 5.17. The minimum Gasteiger partial charge on any atom is -0.524 e. The molecule has 2 aromatic rings. The zero-order chi connectivity index (χ0) is 24.1. The number of hydrogen-bond donors (Lipinski definition) is 2. The summed E-state index contributed by atoms with van der Waals surface area (Å²) in [6, 6.07) is 12.1. The number of carbonyl (C=O) groups excluding carboxylic acids is 3. The lowest BCUT2D eigenvalue weighted by atomic mass is 9.72. The maximum atomic E-state index is 12.6. The summed E-state index contributed by atoms with van der Waals surface area (Å²) in [5, 5.41) is 14.6. The average Bonchev–Trinajstić information content (AvgIpc) is 2.76. The van der Waals surface area contributed by atoms with Crippen LogP contribution in [-0.2, 0) is 9.45 Å². The van der Waals surface area contributed by atoms with Crippen molar-refractivity contribution in [1.82, 2.24) is 10.6 Å². The van der Waals surface area contributed by atoms with Crippen LogP contribution < -0.4 is 15.3 Å². The molecule has 0 aliphatic carbocycles. The van der Waals surface area contributed by atoms with Crippen molar-refractivity contribution in [3.8, 4) is 11.8 Å². The number of nitrogens with zero attached hydrogens (tertiary/aromatic N) is 1. The van der Waals surface area contributed by atoms with Crippen LogP contribution in [0.1, 0.15) is 57.7 Å². The van der Waals surface area contributed by atoms with E-state index in [0.717, 1.165) is 11.1 Å². The Morgan fingerprint density at radius 2 is 1.79 bits per heavy atom. The second-order valence-corrected chi connectivity index (χ2v) is 8.54. The number of carbonyl (C=O) groups is 3. The SMILES string of the molecule is Cc1ccc2c(c1)OB([C@H](CC(C)C)NC(=O)CNC(=O)c1cc(C)ccc1C#N)OC2=O. The van der Waals surface area contributed by atoms with E-state index in [1.807, 2.05) is 33.8 Å². The first kappa shape index (κ1) is 23.9. The molecule has 9 heteroatoms. The molecule has 0 saturated carbocycles. The molecule has 0 saturated heterocycles. The number of amides is 2. The van der Waals surface area contributed by atoms with E-state index in [0.29, 0.717) is 17.7 Å². The smallest absolute Gasteiger partial charge is 0.524 e. The van der Waals surface area contributed by atoms with Gasteiger partial charge in [0, 0.05) is 0 Å². The molecule has 3 rings (SSSR count). The highest BCUT2D eigenvalue weighted by Crippen LogP contribution is 2.28. The lowest BCUT2D eigenvalue weighted by molar-refractivity contribution is -0.120. The summed E-state index contributed by atoms with van der Waals surface area (Å²) in [7, 11) is -0.990. The molecule has 33 heavy (non-hydrogen) atoms. The van der Waals surface area contributed by atoms with Crippen LogP contribution in [0.3, 0.4) is 0 Å². The van der Waals surface area contributed by atoms with E-state index >= 15 is 0 Å². The van der Waals surface area contributed by atoms with Crippen molar-refractivity contribution in [3.05, 3.63) is 64.2 Å². The zero-order valence-electron chi connectivity index (χ0n) is 19.1. The minimum atomic E-state index is -0.990. The van der Waals surface area contributed by atoms with Crippen molar-refractivity contribution < 1.29 is 23.7 Å². The summed E-state index contributed by atoms with van der Waals surface area (Å²) in [5.41, 5.74) is 2.54. The fourth-order valence-corrected chi connectivity index (χ4v) is 3.58. The lowest BCUT2D eigenvalue weighted by Gasteiger charge is -2.29. The van der Waals surface area contributed by atoms with Crippen molar-refractivity contribution in [1.29, 1.82) is 5.26 Å². The Kier molecular flexibility index (Phi) is 7.39. The summed E-state index contributed by atoms with van der Waals surface area (Å²) in [4.78, 5) is 37.6. The van der Waals surface area contributed by atoms with Crippen LogP contribution in [-0.4, -0.2) is 37.4 Å². The quantitative estimate of drug-likeness (QED) is 0.631. The van der Waals surface area contributed by atoms with Gasteiger partial charge < -0.3 is 19.9 Å². The second kappa shape index (κ2) is 10.2. The molecule has 1 aliphatic heterocycles. The van der Waals surface area contributed by atoms with E-state index in [1.54, 1.807) is 36.4 Å². The Morgan fingerprint density at radius 1 is 1.09 bits per heavy atom. The molecular weight excluding hydrogens is 421 g/mol. The highest BCUT2D eigenvalue weighted by Gasteiger charge is 2.42. The zero-order valence-corrected chi connectivity index (χ0v) is 19.1. The van der Waals surface area contributed by atoms with E-state index in [1.165, 1.54) is 0 Å². The normalized spacial score (nSPS) is 13.3. The topological polar surface area (TPSA) is 118 Å². The van der Waals surface area contributed by atoms with Crippen molar-refractivity contribution in [2.24, 2.45) is 5.92 Å². The molecule has 0 unspecified atom stereocenters. The monoisotopic (exact) mass is 447 g/mol. The Hall–Kier alpha value is -3.80. The van der Waals surface area contributed by atoms with Crippen LogP contribution >= 0.6 is 0 Å². The fourth-order valence-electron chi connectivity index (χ4n) is 3.58. The molecule has 2 amide bonds. The van der Waals surface area contributed by atoms with E-state index in [2.05, 4.69) is 10.6 Å². The van der Waals surface area contributed by atoms with Crippen LogP contribution in [0.5, 0.6) is 5.75 Å². The second-order valence-electron chi connectivity index (χ2n) is 8.54. The highest BCUT2D eigenvalue weighted by molar-refractivity contribution is 6.51. The summed E-state index contributed by atoms with van der Waals surface area (Å²) < 4.78 is 11.4. The number of benzene rings is 2. The van der Waals surface area contributed by atoms with Gasteiger partial charge in [-0.25, -0.2) is 4.79 Å². The first-order valence-corrected chi connectivity index (χ1v) is 10.7. The molecule has 1 heterocycles. The Bertz CT molecular complexity index is 1130. The first-order chi connectivity index (χ1) is 15.7. The number of aryl methyl sites for hydroxylation is 2. The standard InChI is InChI=1S/C24H26BN3O5/c1-14(2)9-21(25-32-20-11-16(4)6-8-18(20)24(31)33-25)28-22(29)13-27-23(30)19-10-15(3)5-7-17(19)12-26/h5-8,10-11,14,21H,9,13H2,1-4H3,(H,27,30)(H,28,29)/t21-/m0/s1. The molecule has 0 radical (unpaired) electrons. The van der Waals surface area contributed by atoms with Gasteiger partial charge in [0.15, 0.2) is 0 Å². The van der Waals surface area contributed by atoms with Gasteiger partial charge in [0.1, 0.15) is 5.75 Å². The molecule has 0 spiro atoms. The van der Waals surface area contributed by atoms with Gasteiger partial charge in [-0.15, -0.1) is 0 Å². The van der Waals surface area contributed by atoms with Gasteiger partial charge in [-0.1, -0.05) is 31.5 Å². The van der Waals surface area contributed by atoms with Gasteiger partial charge in [0.25, 0.3) is 5.91 Å². The average molecular weight is 447 g/mol. The number of fused-ring (bicyclic) bond motifs is 1. The molecule has 0 fully saturated rings. The molecular formula is C24H26BN3O5. The van der Waals surface area contributed by atoms with Crippen molar-refractivity contribution >= 4 is 24.9 Å². The van der Waals surface area contributed by atoms with Gasteiger partial charge >= 0.3 is 13.1 Å². The van der Waals surface area contributed by atoms with Crippen molar-refractivity contribution in [2.75, 3.05) is 6.54 Å². The van der Waals surface area contributed by atoms with Crippen LogP contribution in [0.4, 0.5) is 0 Å². The summed E-state index contributed by atoms with van der Waals surface area (Å²) in [6.07, 6.45) is 0.495. The van der Waals surface area contributed by atoms with E-state index in [-0.39, 0.29) is 23.6 Å². The molecule has 2 N–H and O–H groups in total. The molecule has 0 aromatic heterocycles. The van der Waals surface area contributed by atoms with Gasteiger partial charge in [-0.05, 0) is 56.0 Å². The third-order valence-electron chi connectivity index (χ3n) is 5.17. The Balaban J connectivity index is 1.68. The Labute approximate surface area is 193 Å². The number of nitrogens with one attached hydrogen (secondary N) is 2. The van der Waals surface area contributed by atoms with E-state index < -0.39 is 30.8 Å². The maximum Gasteiger partial charge on any atom is 0.620 e. The number of rotatable bonds is 7. The van der Waals surface area contributed by atoms with Gasteiger partial charge in [-0.3, -0.25) is 9.59 Å². The third kappa shape index (κ3) is 5.92. The summed E-state index contributed by atoms with van der Waals surface area (Å²) >= 11 is 0. The predicted octanol–water partition coefficient (Wildman–Crippen LogP) is 2.71. The van der Waals surface area contributed by atoms with Gasteiger partial charge in [0.05, 0.1) is 35.2 Å². The minimum absolute atomic E-state index is 0.177. The van der Waals surface area contributed by atoms with Crippen molar-refractivity contribution in [2.45, 2.75) is 40.1 Å². The van der Waals surface area contributed by atoms with Crippen LogP contribution in [0, 0.1) is 31.1 Å². The van der Waals surface area contributed by atoms with Crippen molar-refractivity contribution in [3.63, 3.8) is 0 Å². The first-order valence-electron chi connectivity index (χ1n) is 10.7. The predicted molar refractivity (Wildman–Crippen MR) is 123 cm³/mol. The van der Waals surface area contributed by atoms with Crippen LogP contribution in [0.25, 0.3) is 0 Å². The fraction of sp³-hybridized carbons (Fsp3) is 0.333.